The summed E-state index contributed by atoms with van der Waals surface area (Å²) in [5, 5.41) is 13.4. The Kier molecular flexibility index (Phi) is 3.80. The van der Waals surface area contributed by atoms with Crippen molar-refractivity contribution >= 4 is 26.8 Å². The van der Waals surface area contributed by atoms with Gasteiger partial charge in [-0.05, 0) is 23.8 Å². The molecule has 1 aromatic heterocycles. The van der Waals surface area contributed by atoms with Crippen molar-refractivity contribution < 1.29 is 9.47 Å². The number of methoxy groups -OCH3 is 1. The lowest BCUT2D eigenvalue weighted by Crippen LogP contribution is -2.30. The molecule has 3 nitrogen and oxygen atoms in total. The molecule has 0 aliphatic heterocycles. The minimum Gasteiger partial charge on any atom is -0.616 e. The fraction of sp³-hybridized carbons (Fsp3) is 0.118. The van der Waals surface area contributed by atoms with E-state index in [-0.39, 0.29) is 0 Å². The first-order valence-corrected chi connectivity index (χ1v) is 7.41. The van der Waals surface area contributed by atoms with E-state index in [2.05, 4.69) is 15.9 Å². The normalized spacial score (nSPS) is 10.8. The van der Waals surface area contributed by atoms with Gasteiger partial charge in [0, 0.05) is 22.3 Å². The van der Waals surface area contributed by atoms with Crippen LogP contribution in [-0.4, -0.2) is 7.11 Å². The van der Waals surface area contributed by atoms with Crippen LogP contribution in [-0.2, 0) is 6.42 Å². The minimum atomic E-state index is 0.355. The molecule has 3 rings (SSSR count). The van der Waals surface area contributed by atoms with Crippen LogP contribution in [0.5, 0.6) is 5.88 Å². The van der Waals surface area contributed by atoms with Crippen LogP contribution in [0.25, 0.3) is 10.9 Å². The van der Waals surface area contributed by atoms with Crippen molar-refractivity contribution in [3.63, 3.8) is 0 Å². The van der Waals surface area contributed by atoms with Crippen molar-refractivity contribution in [2.75, 3.05) is 7.11 Å². The Labute approximate surface area is 131 Å². The number of ether oxygens (including phenoxy) is 1. The van der Waals surface area contributed by atoms with Gasteiger partial charge in [-0.15, -0.1) is 4.73 Å². The fourth-order valence-corrected chi connectivity index (χ4v) is 2.85. The second-order valence-electron chi connectivity index (χ2n) is 4.84. The van der Waals surface area contributed by atoms with Gasteiger partial charge in [-0.25, -0.2) is 0 Å². The third-order valence-electron chi connectivity index (χ3n) is 3.43. The Hall–Kier alpha value is -2.07. The summed E-state index contributed by atoms with van der Waals surface area (Å²) in [6.45, 7) is 0. The molecule has 21 heavy (non-hydrogen) atoms. The van der Waals surface area contributed by atoms with Crippen LogP contribution in [0.15, 0.2) is 59.1 Å². The van der Waals surface area contributed by atoms with E-state index in [1.54, 1.807) is 6.07 Å². The van der Waals surface area contributed by atoms with Gasteiger partial charge >= 0.3 is 5.88 Å². The summed E-state index contributed by atoms with van der Waals surface area (Å²) in [4.78, 5) is 0. The van der Waals surface area contributed by atoms with E-state index in [9.17, 15) is 5.21 Å². The number of hydrogen-bond acceptors (Lipinski definition) is 2. The van der Waals surface area contributed by atoms with Crippen LogP contribution in [0.1, 0.15) is 11.1 Å². The number of pyridine rings is 1. The summed E-state index contributed by atoms with van der Waals surface area (Å²) in [5.74, 6) is 0.355. The highest BCUT2D eigenvalue weighted by molar-refractivity contribution is 9.10. The van der Waals surface area contributed by atoms with Crippen molar-refractivity contribution in [1.82, 2.24) is 0 Å². The van der Waals surface area contributed by atoms with Crippen LogP contribution in [0.2, 0.25) is 0 Å². The minimum absolute atomic E-state index is 0.355. The summed E-state index contributed by atoms with van der Waals surface area (Å²) in [6, 6.07) is 17.6. The maximum atomic E-state index is 12.5. The smallest absolute Gasteiger partial charge is 0.383 e. The van der Waals surface area contributed by atoms with Crippen molar-refractivity contribution in [2.45, 2.75) is 6.42 Å². The molecule has 0 aliphatic carbocycles. The van der Waals surface area contributed by atoms with E-state index in [1.807, 2.05) is 48.5 Å². The number of nitrogens with zero attached hydrogens (tertiary/aromatic N) is 1. The topological polar surface area (TPSA) is 36.2 Å². The number of benzene rings is 2. The van der Waals surface area contributed by atoms with Gasteiger partial charge in [0.2, 0.25) is 5.52 Å². The van der Waals surface area contributed by atoms with E-state index >= 15 is 0 Å². The van der Waals surface area contributed by atoms with Crippen LogP contribution < -0.4 is 9.47 Å². The van der Waals surface area contributed by atoms with Gasteiger partial charge in [0.25, 0.3) is 0 Å². The molecule has 2 aromatic carbocycles. The number of halogens is 1. The van der Waals surface area contributed by atoms with Gasteiger partial charge in [0.15, 0.2) is 0 Å². The van der Waals surface area contributed by atoms with E-state index < -0.39 is 0 Å². The Morgan fingerprint density at radius 2 is 1.86 bits per heavy atom. The quantitative estimate of drug-likeness (QED) is 0.535. The maximum Gasteiger partial charge on any atom is 0.383 e. The zero-order valence-electron chi connectivity index (χ0n) is 11.5. The molecule has 0 atom stereocenters. The standard InChI is InChI=1S/C17H14BrNO2/c1-21-17-14(9-12-5-3-2-4-6-12)10-13-11-15(18)7-8-16(13)19(17)20/h2-8,10-11H,9H2,1H3. The lowest BCUT2D eigenvalue weighted by molar-refractivity contribution is -0.585. The van der Waals surface area contributed by atoms with E-state index in [1.165, 1.54) is 7.11 Å². The molecule has 0 unspecified atom stereocenters. The Morgan fingerprint density at radius 3 is 2.57 bits per heavy atom. The predicted octanol–water partition coefficient (Wildman–Crippen LogP) is 3.84. The average Bonchev–Trinajstić information content (AvgIpc) is 2.48. The molecule has 0 N–H and O–H groups in total. The molecule has 0 saturated carbocycles. The molecule has 106 valence electrons. The second kappa shape index (κ2) is 5.74. The molecular weight excluding hydrogens is 330 g/mol. The molecule has 0 aliphatic rings. The van der Waals surface area contributed by atoms with Crippen LogP contribution >= 0.6 is 15.9 Å². The van der Waals surface area contributed by atoms with Gasteiger partial charge in [-0.1, -0.05) is 46.3 Å². The van der Waals surface area contributed by atoms with Gasteiger partial charge in [-0.3, -0.25) is 0 Å². The number of fused-ring (bicyclic) bond motifs is 1. The third-order valence-corrected chi connectivity index (χ3v) is 3.92. The van der Waals surface area contributed by atoms with E-state index in [0.29, 0.717) is 17.8 Å². The summed E-state index contributed by atoms with van der Waals surface area (Å²) in [7, 11) is 1.53. The second-order valence-corrected chi connectivity index (χ2v) is 5.75. The SMILES string of the molecule is COc1c(Cc2ccccc2)cc2cc(Br)ccc2[n+]1[O-]. The fourth-order valence-electron chi connectivity index (χ4n) is 2.47. The van der Waals surface area contributed by atoms with Gasteiger partial charge in [-0.2, -0.15) is 0 Å². The lowest BCUT2D eigenvalue weighted by Gasteiger charge is -2.11. The molecular formula is C17H14BrNO2. The summed E-state index contributed by atoms with van der Waals surface area (Å²) < 4.78 is 7.14. The van der Waals surface area contributed by atoms with E-state index in [4.69, 9.17) is 4.74 Å². The van der Waals surface area contributed by atoms with Crippen molar-refractivity contribution in [2.24, 2.45) is 0 Å². The zero-order valence-corrected chi connectivity index (χ0v) is 13.1. The Morgan fingerprint density at radius 1 is 1.10 bits per heavy atom. The molecule has 3 aromatic rings. The monoisotopic (exact) mass is 343 g/mol. The van der Waals surface area contributed by atoms with Crippen LogP contribution in [0.3, 0.4) is 0 Å². The Balaban J connectivity index is 2.16. The number of hydrogen-bond donors (Lipinski definition) is 0. The average molecular weight is 344 g/mol. The summed E-state index contributed by atoms with van der Waals surface area (Å²) in [5.41, 5.74) is 2.63. The molecule has 0 fully saturated rings. The van der Waals surface area contributed by atoms with Gasteiger partial charge in [0.1, 0.15) is 0 Å². The van der Waals surface area contributed by atoms with Crippen LogP contribution in [0.4, 0.5) is 0 Å². The van der Waals surface area contributed by atoms with Gasteiger partial charge in [0.05, 0.1) is 12.7 Å². The zero-order chi connectivity index (χ0) is 14.8. The first-order chi connectivity index (χ1) is 10.2. The van der Waals surface area contributed by atoms with Crippen molar-refractivity contribution in [3.05, 3.63) is 75.4 Å². The highest BCUT2D eigenvalue weighted by atomic mass is 79.9. The first kappa shape index (κ1) is 13.9. The summed E-state index contributed by atoms with van der Waals surface area (Å²) in [6.07, 6.45) is 0.661. The first-order valence-electron chi connectivity index (χ1n) is 6.61. The maximum absolute atomic E-state index is 12.5. The summed E-state index contributed by atoms with van der Waals surface area (Å²) >= 11 is 3.44. The molecule has 0 bridgehead atoms. The van der Waals surface area contributed by atoms with Gasteiger partial charge < -0.3 is 9.94 Å². The third kappa shape index (κ3) is 2.72. The van der Waals surface area contributed by atoms with E-state index in [0.717, 1.165) is 25.7 Å². The largest absolute Gasteiger partial charge is 0.616 e. The Bertz CT molecular complexity index is 788. The lowest BCUT2D eigenvalue weighted by atomic mass is 10.0. The molecule has 0 saturated heterocycles. The number of rotatable bonds is 3. The van der Waals surface area contributed by atoms with Crippen molar-refractivity contribution in [1.29, 1.82) is 0 Å². The molecule has 1 heterocycles. The molecule has 0 spiro atoms. The van der Waals surface area contributed by atoms with Crippen molar-refractivity contribution in [3.8, 4) is 5.88 Å². The predicted molar refractivity (Wildman–Crippen MR) is 86.4 cm³/mol. The van der Waals surface area contributed by atoms with Crippen LogP contribution in [0, 0.1) is 5.21 Å². The number of aromatic nitrogens is 1. The molecule has 4 heteroatoms. The highest BCUT2D eigenvalue weighted by Gasteiger charge is 2.18. The molecule has 0 amide bonds. The molecule has 0 radical (unpaired) electrons. The highest BCUT2D eigenvalue weighted by Crippen LogP contribution is 2.25.